The van der Waals surface area contributed by atoms with Crippen molar-refractivity contribution in [1.29, 1.82) is 0 Å². The van der Waals surface area contributed by atoms with Gasteiger partial charge in [0, 0.05) is 18.0 Å². The van der Waals surface area contributed by atoms with Gasteiger partial charge in [0.1, 0.15) is 6.04 Å². The highest BCUT2D eigenvalue weighted by atomic mass is 16.2. The summed E-state index contributed by atoms with van der Waals surface area (Å²) in [4.78, 5) is 23.6. The first-order valence-corrected chi connectivity index (χ1v) is 9.62. The van der Waals surface area contributed by atoms with Gasteiger partial charge in [-0.3, -0.25) is 9.59 Å². The van der Waals surface area contributed by atoms with Crippen LogP contribution in [0.1, 0.15) is 65.1 Å². The number of nitrogens with two attached hydrogens (primary N) is 1. The van der Waals surface area contributed by atoms with Crippen LogP contribution in [0.2, 0.25) is 0 Å². The van der Waals surface area contributed by atoms with Gasteiger partial charge in [-0.25, -0.2) is 0 Å². The van der Waals surface area contributed by atoms with Crippen LogP contribution >= 0.6 is 0 Å². The zero-order chi connectivity index (χ0) is 19.7. The number of nitrogens with one attached hydrogen (secondary N) is 2. The molecule has 0 bridgehead atoms. The molecular formula is C21H36N3O2+. The lowest BCUT2D eigenvalue weighted by Crippen LogP contribution is -2.88. The Morgan fingerprint density at radius 1 is 1.04 bits per heavy atom. The van der Waals surface area contributed by atoms with Gasteiger partial charge in [0.05, 0.1) is 6.54 Å². The first-order chi connectivity index (χ1) is 12.1. The summed E-state index contributed by atoms with van der Waals surface area (Å²) in [5.74, 6) is 0.142. The van der Waals surface area contributed by atoms with Crippen molar-refractivity contribution in [3.63, 3.8) is 0 Å². The van der Waals surface area contributed by atoms with Crippen LogP contribution in [0.5, 0.6) is 0 Å². The summed E-state index contributed by atoms with van der Waals surface area (Å²) in [5.41, 5.74) is 2.66. The highest BCUT2D eigenvalue weighted by Gasteiger charge is 2.22. The molecule has 146 valence electrons. The number of hydrogen-bond donors (Lipinski definition) is 3. The predicted molar refractivity (Wildman–Crippen MR) is 106 cm³/mol. The van der Waals surface area contributed by atoms with E-state index in [2.05, 4.69) is 74.8 Å². The van der Waals surface area contributed by atoms with E-state index in [0.29, 0.717) is 19.0 Å². The zero-order valence-electron chi connectivity index (χ0n) is 17.2. The van der Waals surface area contributed by atoms with Crippen LogP contribution in [0.3, 0.4) is 0 Å². The molecule has 26 heavy (non-hydrogen) atoms. The Balaban J connectivity index is 2.58. The maximum Gasteiger partial charge on any atom is 0.275 e. The Kier molecular flexibility index (Phi) is 8.79. The van der Waals surface area contributed by atoms with Crippen LogP contribution in [0.25, 0.3) is 0 Å². The molecule has 0 aliphatic rings. The molecule has 0 aromatic heterocycles. The molecule has 5 nitrogen and oxygen atoms in total. The Bertz CT molecular complexity index is 574. The molecule has 1 aromatic carbocycles. The SMILES string of the molecule is CCCNC(=O)CNC(=O)C[NH2+][C@@H](c1ccc(C(C)(C)C)cc1)C(C)C. The van der Waals surface area contributed by atoms with Crippen molar-refractivity contribution >= 4 is 11.8 Å². The van der Waals surface area contributed by atoms with Gasteiger partial charge in [0.15, 0.2) is 6.54 Å². The molecule has 1 rings (SSSR count). The number of hydrogen-bond acceptors (Lipinski definition) is 2. The van der Waals surface area contributed by atoms with Crippen molar-refractivity contribution in [2.24, 2.45) is 5.92 Å². The van der Waals surface area contributed by atoms with Crippen molar-refractivity contribution < 1.29 is 14.9 Å². The van der Waals surface area contributed by atoms with Crippen LogP contribution in [0.15, 0.2) is 24.3 Å². The third-order valence-electron chi connectivity index (χ3n) is 4.46. The van der Waals surface area contributed by atoms with Gasteiger partial charge in [0.2, 0.25) is 5.91 Å². The van der Waals surface area contributed by atoms with Crippen molar-refractivity contribution in [1.82, 2.24) is 10.6 Å². The molecule has 0 fully saturated rings. The average Bonchev–Trinajstić information content (AvgIpc) is 2.57. The third kappa shape index (κ3) is 7.56. The van der Waals surface area contributed by atoms with E-state index in [1.807, 2.05) is 6.92 Å². The van der Waals surface area contributed by atoms with Crippen LogP contribution in [0, 0.1) is 5.92 Å². The van der Waals surface area contributed by atoms with E-state index in [-0.39, 0.29) is 29.8 Å². The predicted octanol–water partition coefficient (Wildman–Crippen LogP) is 1.89. The summed E-state index contributed by atoms with van der Waals surface area (Å²) in [6.45, 7) is 13.9. The Morgan fingerprint density at radius 2 is 1.65 bits per heavy atom. The molecule has 0 radical (unpaired) electrons. The first kappa shape index (κ1) is 22.2. The van der Waals surface area contributed by atoms with Gasteiger partial charge in [-0.05, 0) is 17.4 Å². The highest BCUT2D eigenvalue weighted by molar-refractivity contribution is 5.84. The van der Waals surface area contributed by atoms with Gasteiger partial charge in [0.25, 0.3) is 5.91 Å². The van der Waals surface area contributed by atoms with Crippen LogP contribution in [0.4, 0.5) is 0 Å². The lowest BCUT2D eigenvalue weighted by molar-refractivity contribution is -0.692. The molecule has 5 heteroatoms. The molecule has 4 N–H and O–H groups in total. The number of benzene rings is 1. The fourth-order valence-corrected chi connectivity index (χ4v) is 2.81. The second-order valence-corrected chi connectivity index (χ2v) is 8.21. The van der Waals surface area contributed by atoms with E-state index in [1.165, 1.54) is 11.1 Å². The monoisotopic (exact) mass is 362 g/mol. The Hall–Kier alpha value is -1.88. The molecule has 1 atom stereocenters. The van der Waals surface area contributed by atoms with Gasteiger partial charge in [-0.2, -0.15) is 0 Å². The zero-order valence-corrected chi connectivity index (χ0v) is 17.2. The standard InChI is InChI=1S/C21H35N3O2/c1-7-12-22-18(25)13-23-19(26)14-24-20(15(2)3)16-8-10-17(11-9-16)21(4,5)6/h8-11,15,20,24H,7,12-14H2,1-6H3,(H,22,25)(H,23,26)/p+1/t20-/m1/s1. The van der Waals surface area contributed by atoms with Gasteiger partial charge in [-0.15, -0.1) is 0 Å². The third-order valence-corrected chi connectivity index (χ3v) is 4.46. The number of carbonyl (C=O) groups excluding carboxylic acids is 2. The molecular weight excluding hydrogens is 326 g/mol. The van der Waals surface area contributed by atoms with Gasteiger partial charge < -0.3 is 16.0 Å². The van der Waals surface area contributed by atoms with E-state index in [1.54, 1.807) is 0 Å². The van der Waals surface area contributed by atoms with Crippen LogP contribution in [-0.4, -0.2) is 31.4 Å². The highest BCUT2D eigenvalue weighted by Crippen LogP contribution is 2.25. The summed E-state index contributed by atoms with van der Waals surface area (Å²) >= 11 is 0. The second kappa shape index (κ2) is 10.3. The number of carbonyl (C=O) groups is 2. The van der Waals surface area contributed by atoms with Crippen molar-refractivity contribution in [2.45, 2.75) is 59.4 Å². The Labute approximate surface area is 158 Å². The van der Waals surface area contributed by atoms with Crippen molar-refractivity contribution in [3.05, 3.63) is 35.4 Å². The quantitative estimate of drug-likeness (QED) is 0.627. The van der Waals surface area contributed by atoms with Crippen molar-refractivity contribution in [3.8, 4) is 0 Å². The van der Waals surface area contributed by atoms with E-state index < -0.39 is 0 Å². The second-order valence-electron chi connectivity index (χ2n) is 8.21. The molecule has 0 saturated heterocycles. The molecule has 0 aliphatic carbocycles. The summed E-state index contributed by atoms with van der Waals surface area (Å²) in [7, 11) is 0. The fraction of sp³-hybridized carbons (Fsp3) is 0.619. The minimum absolute atomic E-state index is 0.0410. The molecule has 0 spiro atoms. The minimum Gasteiger partial charge on any atom is -0.355 e. The van der Waals surface area contributed by atoms with E-state index >= 15 is 0 Å². The molecule has 0 heterocycles. The molecule has 0 aliphatic heterocycles. The van der Waals surface area contributed by atoms with E-state index in [4.69, 9.17) is 0 Å². The maximum absolute atomic E-state index is 12.0. The van der Waals surface area contributed by atoms with Crippen molar-refractivity contribution in [2.75, 3.05) is 19.6 Å². The maximum atomic E-state index is 12.0. The van der Waals surface area contributed by atoms with E-state index in [0.717, 1.165) is 6.42 Å². The van der Waals surface area contributed by atoms with E-state index in [9.17, 15) is 9.59 Å². The summed E-state index contributed by atoms with van der Waals surface area (Å²) in [5, 5.41) is 7.49. The van der Waals surface area contributed by atoms with Crippen LogP contribution < -0.4 is 16.0 Å². The van der Waals surface area contributed by atoms with Gasteiger partial charge >= 0.3 is 0 Å². The van der Waals surface area contributed by atoms with Gasteiger partial charge in [-0.1, -0.05) is 65.8 Å². The number of quaternary nitrogens is 1. The summed E-state index contributed by atoms with van der Waals surface area (Å²) < 4.78 is 0. The minimum atomic E-state index is -0.140. The number of rotatable bonds is 9. The smallest absolute Gasteiger partial charge is 0.275 e. The first-order valence-electron chi connectivity index (χ1n) is 9.62. The lowest BCUT2D eigenvalue weighted by Gasteiger charge is -2.22. The summed E-state index contributed by atoms with van der Waals surface area (Å²) in [6, 6.07) is 8.90. The topological polar surface area (TPSA) is 74.8 Å². The Morgan fingerprint density at radius 3 is 2.15 bits per heavy atom. The molecule has 0 saturated carbocycles. The lowest BCUT2D eigenvalue weighted by atomic mass is 9.85. The number of amides is 2. The molecule has 2 amide bonds. The normalized spacial score (nSPS) is 12.7. The molecule has 0 unspecified atom stereocenters. The largest absolute Gasteiger partial charge is 0.355 e. The average molecular weight is 363 g/mol. The fourth-order valence-electron chi connectivity index (χ4n) is 2.81. The molecule has 1 aromatic rings. The van der Waals surface area contributed by atoms with Crippen LogP contribution in [-0.2, 0) is 15.0 Å². The summed E-state index contributed by atoms with van der Waals surface area (Å²) in [6.07, 6.45) is 0.886.